The summed E-state index contributed by atoms with van der Waals surface area (Å²) < 4.78 is 6.92. The molecule has 2 rings (SSSR count). The van der Waals surface area contributed by atoms with E-state index in [1.807, 2.05) is 18.2 Å². The fraction of sp³-hybridized carbons (Fsp3) is 0.300. The Balaban J connectivity index is 2.65. The van der Waals surface area contributed by atoms with E-state index >= 15 is 0 Å². The molecule has 15 heavy (non-hydrogen) atoms. The maximum Gasteiger partial charge on any atom is 0.138 e. The second-order valence-electron chi connectivity index (χ2n) is 3.16. The predicted molar refractivity (Wildman–Crippen MR) is 60.3 cm³/mol. The van der Waals surface area contributed by atoms with Crippen molar-refractivity contribution in [3.8, 4) is 5.75 Å². The van der Waals surface area contributed by atoms with Crippen LogP contribution in [0.25, 0.3) is 10.9 Å². The van der Waals surface area contributed by atoms with Crippen molar-refractivity contribution in [1.29, 1.82) is 0 Å². The van der Waals surface area contributed by atoms with E-state index in [9.17, 15) is 0 Å². The van der Waals surface area contributed by atoms with Crippen LogP contribution >= 0.6 is 11.6 Å². The Morgan fingerprint density at radius 1 is 1.53 bits per heavy atom. The Morgan fingerprint density at radius 3 is 3.00 bits per heavy atom. The summed E-state index contributed by atoms with van der Waals surface area (Å²) in [6.07, 6.45) is 0. The highest BCUT2D eigenvalue weighted by molar-refractivity contribution is 6.35. The van der Waals surface area contributed by atoms with Crippen molar-refractivity contribution >= 4 is 22.5 Å². The molecule has 2 aromatic rings. The zero-order valence-corrected chi connectivity index (χ0v) is 9.16. The van der Waals surface area contributed by atoms with Crippen LogP contribution in [0.1, 0.15) is 0 Å². The summed E-state index contributed by atoms with van der Waals surface area (Å²) in [5.41, 5.74) is 6.30. The minimum Gasteiger partial charge on any atom is -0.496 e. The first-order valence-corrected chi connectivity index (χ1v) is 5.05. The highest BCUT2D eigenvalue weighted by Crippen LogP contribution is 2.31. The molecular weight excluding hydrogens is 214 g/mol. The van der Waals surface area contributed by atoms with Crippen LogP contribution in [0, 0.1) is 0 Å². The number of rotatable bonds is 3. The third-order valence-corrected chi connectivity index (χ3v) is 2.61. The number of benzene rings is 1. The molecule has 2 N–H and O–H groups in total. The van der Waals surface area contributed by atoms with Crippen LogP contribution in [0.4, 0.5) is 0 Å². The van der Waals surface area contributed by atoms with Gasteiger partial charge in [0.25, 0.3) is 0 Å². The number of nitrogens with zero attached hydrogens (tertiary/aromatic N) is 2. The van der Waals surface area contributed by atoms with Gasteiger partial charge < -0.3 is 10.5 Å². The molecule has 0 bridgehead atoms. The molecule has 0 spiro atoms. The van der Waals surface area contributed by atoms with Crippen LogP contribution < -0.4 is 10.5 Å². The largest absolute Gasteiger partial charge is 0.496 e. The standard InChI is InChI=1S/C10H12ClN3O/c1-15-8-4-2-3-7-9(8)10(11)14(13-7)6-5-12/h2-4H,5-6,12H2,1H3. The van der Waals surface area contributed by atoms with Gasteiger partial charge in [0.05, 0.1) is 24.6 Å². The van der Waals surface area contributed by atoms with Gasteiger partial charge in [0.2, 0.25) is 0 Å². The van der Waals surface area contributed by atoms with Gasteiger partial charge in [-0.25, -0.2) is 0 Å². The van der Waals surface area contributed by atoms with E-state index in [1.165, 1.54) is 0 Å². The fourth-order valence-electron chi connectivity index (χ4n) is 1.55. The Bertz CT molecular complexity index is 481. The molecule has 0 saturated carbocycles. The van der Waals surface area contributed by atoms with Crippen molar-refractivity contribution in [3.05, 3.63) is 23.4 Å². The van der Waals surface area contributed by atoms with Gasteiger partial charge in [-0.05, 0) is 12.1 Å². The van der Waals surface area contributed by atoms with Crippen LogP contribution in [-0.4, -0.2) is 23.4 Å². The second kappa shape index (κ2) is 4.08. The van der Waals surface area contributed by atoms with Crippen molar-refractivity contribution in [2.45, 2.75) is 6.54 Å². The van der Waals surface area contributed by atoms with Crippen LogP contribution in [0.15, 0.2) is 18.2 Å². The van der Waals surface area contributed by atoms with E-state index < -0.39 is 0 Å². The van der Waals surface area contributed by atoms with Crippen molar-refractivity contribution in [2.75, 3.05) is 13.7 Å². The van der Waals surface area contributed by atoms with Crippen molar-refractivity contribution in [3.63, 3.8) is 0 Å². The van der Waals surface area contributed by atoms with Crippen molar-refractivity contribution in [2.24, 2.45) is 5.73 Å². The first-order valence-electron chi connectivity index (χ1n) is 4.67. The van der Waals surface area contributed by atoms with Crippen LogP contribution in [0.3, 0.4) is 0 Å². The Kier molecular flexibility index (Phi) is 2.79. The van der Waals surface area contributed by atoms with Crippen LogP contribution in [0.5, 0.6) is 5.75 Å². The molecule has 0 aliphatic rings. The van der Waals surface area contributed by atoms with Gasteiger partial charge in [0.1, 0.15) is 10.9 Å². The molecular formula is C10H12ClN3O. The second-order valence-corrected chi connectivity index (χ2v) is 3.52. The predicted octanol–water partition coefficient (Wildman–Crippen LogP) is 1.66. The lowest BCUT2D eigenvalue weighted by molar-refractivity contribution is 0.420. The summed E-state index contributed by atoms with van der Waals surface area (Å²) in [6, 6.07) is 5.65. The molecule has 1 aromatic carbocycles. The van der Waals surface area contributed by atoms with Crippen molar-refractivity contribution in [1.82, 2.24) is 9.78 Å². The molecule has 0 aliphatic heterocycles. The van der Waals surface area contributed by atoms with Gasteiger partial charge in [-0.3, -0.25) is 4.68 Å². The normalized spacial score (nSPS) is 10.9. The number of hydrogen-bond donors (Lipinski definition) is 1. The zero-order valence-electron chi connectivity index (χ0n) is 8.40. The maximum atomic E-state index is 6.18. The molecule has 0 aliphatic carbocycles. The highest BCUT2D eigenvalue weighted by Gasteiger charge is 2.12. The highest BCUT2D eigenvalue weighted by atomic mass is 35.5. The monoisotopic (exact) mass is 225 g/mol. The SMILES string of the molecule is COc1cccc2nn(CCN)c(Cl)c12. The van der Waals surface area contributed by atoms with Gasteiger partial charge in [-0.1, -0.05) is 17.7 Å². The Morgan fingerprint density at radius 2 is 2.33 bits per heavy atom. The lowest BCUT2D eigenvalue weighted by Gasteiger charge is -2.01. The van der Waals surface area contributed by atoms with E-state index in [0.717, 1.165) is 16.7 Å². The molecule has 0 fully saturated rings. The molecule has 0 atom stereocenters. The van der Waals surface area contributed by atoms with E-state index in [0.29, 0.717) is 18.2 Å². The number of fused-ring (bicyclic) bond motifs is 1. The topological polar surface area (TPSA) is 53.1 Å². The van der Waals surface area contributed by atoms with E-state index in [-0.39, 0.29) is 0 Å². The summed E-state index contributed by atoms with van der Waals surface area (Å²) >= 11 is 6.18. The molecule has 80 valence electrons. The number of methoxy groups -OCH3 is 1. The molecule has 0 unspecified atom stereocenters. The maximum absolute atomic E-state index is 6.18. The molecule has 4 nitrogen and oxygen atoms in total. The molecule has 0 amide bonds. The third-order valence-electron chi connectivity index (χ3n) is 2.23. The lowest BCUT2D eigenvalue weighted by Crippen LogP contribution is -2.10. The fourth-order valence-corrected chi connectivity index (χ4v) is 1.87. The zero-order chi connectivity index (χ0) is 10.8. The van der Waals surface area contributed by atoms with Gasteiger partial charge >= 0.3 is 0 Å². The average molecular weight is 226 g/mol. The third kappa shape index (κ3) is 1.66. The van der Waals surface area contributed by atoms with Gasteiger partial charge in [0, 0.05) is 6.54 Å². The van der Waals surface area contributed by atoms with Gasteiger partial charge in [-0.2, -0.15) is 5.10 Å². The van der Waals surface area contributed by atoms with Crippen molar-refractivity contribution < 1.29 is 4.74 Å². The number of aromatic nitrogens is 2. The summed E-state index contributed by atoms with van der Waals surface area (Å²) in [5, 5.41) is 5.75. The molecule has 0 radical (unpaired) electrons. The number of nitrogens with two attached hydrogens (primary N) is 1. The molecule has 1 heterocycles. The van der Waals surface area contributed by atoms with Crippen LogP contribution in [-0.2, 0) is 6.54 Å². The summed E-state index contributed by atoms with van der Waals surface area (Å²) in [4.78, 5) is 0. The summed E-state index contributed by atoms with van der Waals surface area (Å²) in [5.74, 6) is 0.737. The van der Waals surface area contributed by atoms with Gasteiger partial charge in [-0.15, -0.1) is 0 Å². The number of ether oxygens (including phenoxy) is 1. The van der Waals surface area contributed by atoms with Crippen LogP contribution in [0.2, 0.25) is 5.15 Å². The number of halogens is 1. The minimum atomic E-state index is 0.510. The van der Waals surface area contributed by atoms with E-state index in [1.54, 1.807) is 11.8 Å². The quantitative estimate of drug-likeness (QED) is 0.865. The van der Waals surface area contributed by atoms with E-state index in [4.69, 9.17) is 22.1 Å². The minimum absolute atomic E-state index is 0.510. The van der Waals surface area contributed by atoms with E-state index in [2.05, 4.69) is 5.10 Å². The summed E-state index contributed by atoms with van der Waals surface area (Å²) in [7, 11) is 1.62. The first-order chi connectivity index (χ1) is 7.27. The van der Waals surface area contributed by atoms with Gasteiger partial charge in [0.15, 0.2) is 0 Å². The smallest absolute Gasteiger partial charge is 0.138 e. The molecule has 5 heteroatoms. The summed E-state index contributed by atoms with van der Waals surface area (Å²) in [6.45, 7) is 1.12. The molecule has 0 saturated heterocycles. The molecule has 1 aromatic heterocycles. The first kappa shape index (κ1) is 10.3. The Labute approximate surface area is 92.6 Å². The number of hydrogen-bond acceptors (Lipinski definition) is 3. The lowest BCUT2D eigenvalue weighted by atomic mass is 10.2. The Hall–Kier alpha value is -1.26. The average Bonchev–Trinajstić information content (AvgIpc) is 2.57.